The molecule has 9 heteroatoms. The first-order valence-electron chi connectivity index (χ1n) is 11.6. The van der Waals surface area contributed by atoms with Crippen molar-refractivity contribution in [1.29, 1.82) is 0 Å². The van der Waals surface area contributed by atoms with Crippen LogP contribution in [0.1, 0.15) is 26.2 Å². The molecular weight excluding hydrogens is 459 g/mol. The minimum absolute atomic E-state index is 0.0109. The van der Waals surface area contributed by atoms with Gasteiger partial charge in [0.05, 0.1) is 6.20 Å². The van der Waals surface area contributed by atoms with Crippen LogP contribution in [0.15, 0.2) is 79.0 Å². The molecule has 8 nitrogen and oxygen atoms in total. The largest absolute Gasteiger partial charge is 0.489 e. The second-order valence-electron chi connectivity index (χ2n) is 8.95. The highest BCUT2D eigenvalue weighted by Gasteiger charge is 2.21. The first-order chi connectivity index (χ1) is 17.3. The summed E-state index contributed by atoms with van der Waals surface area (Å²) >= 11 is 0. The summed E-state index contributed by atoms with van der Waals surface area (Å²) < 4.78 is 20.4. The highest BCUT2D eigenvalue weighted by molar-refractivity contribution is 5.99. The van der Waals surface area contributed by atoms with Crippen LogP contribution in [0.4, 0.5) is 33.2 Å². The summed E-state index contributed by atoms with van der Waals surface area (Å²) in [5.41, 5.74) is 9.06. The Kier molecular flexibility index (Phi) is 7.60. The highest BCUT2D eigenvalue weighted by Crippen LogP contribution is 2.27. The number of nitrogens with one attached hydrogen (secondary N) is 3. The first kappa shape index (κ1) is 24.9. The standard InChI is InChI=1S/C27H29FN6O2/c1-3-24(35)31-19-6-4-7-20(14-19)32-25-23(28)16-30-26(34-25)33-21-8-5-9-22(15-21)36-17-18-10-12-27(2,29)13-11-18/h3-10,14-16H,1,11-13,17,29H2,2H3,(H,31,35)(H2,30,32,33,34). The molecule has 186 valence electrons. The number of nitrogens with two attached hydrogens (primary N) is 1. The van der Waals surface area contributed by atoms with E-state index in [0.29, 0.717) is 29.4 Å². The Bertz CT molecular complexity index is 1290. The van der Waals surface area contributed by atoms with E-state index in [-0.39, 0.29) is 23.2 Å². The number of ether oxygens (including phenoxy) is 1. The molecule has 3 aromatic rings. The molecule has 0 bridgehead atoms. The molecule has 0 saturated carbocycles. The van der Waals surface area contributed by atoms with E-state index in [1.54, 1.807) is 24.3 Å². The number of hydrogen-bond donors (Lipinski definition) is 4. The molecule has 1 amide bonds. The van der Waals surface area contributed by atoms with Crippen molar-refractivity contribution < 1.29 is 13.9 Å². The van der Waals surface area contributed by atoms with Crippen molar-refractivity contribution in [3.63, 3.8) is 0 Å². The Morgan fingerprint density at radius 2 is 1.94 bits per heavy atom. The minimum atomic E-state index is -0.618. The predicted molar refractivity (Wildman–Crippen MR) is 140 cm³/mol. The summed E-state index contributed by atoms with van der Waals surface area (Å²) in [6.07, 6.45) is 7.13. The van der Waals surface area contributed by atoms with E-state index >= 15 is 0 Å². The van der Waals surface area contributed by atoms with Crippen molar-refractivity contribution in [1.82, 2.24) is 9.97 Å². The molecule has 0 radical (unpaired) electrons. The van der Waals surface area contributed by atoms with Crippen LogP contribution in [-0.2, 0) is 4.79 Å². The molecule has 1 heterocycles. The molecule has 2 aromatic carbocycles. The fourth-order valence-corrected chi connectivity index (χ4v) is 3.65. The van der Waals surface area contributed by atoms with Crippen LogP contribution in [-0.4, -0.2) is 28.0 Å². The number of rotatable bonds is 9. The molecule has 0 aliphatic heterocycles. The Hall–Kier alpha value is -4.24. The second kappa shape index (κ2) is 11.0. The zero-order valence-electron chi connectivity index (χ0n) is 20.1. The summed E-state index contributed by atoms with van der Waals surface area (Å²) in [6, 6.07) is 14.2. The third-order valence-electron chi connectivity index (χ3n) is 5.71. The van der Waals surface area contributed by atoms with Crippen LogP contribution >= 0.6 is 0 Å². The summed E-state index contributed by atoms with van der Waals surface area (Å²) in [5, 5.41) is 8.66. The third-order valence-corrected chi connectivity index (χ3v) is 5.71. The lowest BCUT2D eigenvalue weighted by molar-refractivity contribution is -0.111. The normalized spacial score (nSPS) is 17.0. The lowest BCUT2D eigenvalue weighted by Crippen LogP contribution is -2.37. The van der Waals surface area contributed by atoms with E-state index in [1.807, 2.05) is 24.3 Å². The van der Waals surface area contributed by atoms with E-state index in [9.17, 15) is 9.18 Å². The van der Waals surface area contributed by atoms with Crippen LogP contribution in [0.2, 0.25) is 0 Å². The second-order valence-corrected chi connectivity index (χ2v) is 8.95. The molecule has 1 aliphatic rings. The number of hydrogen-bond acceptors (Lipinski definition) is 7. The van der Waals surface area contributed by atoms with Gasteiger partial charge in [-0.1, -0.05) is 24.8 Å². The molecule has 1 aromatic heterocycles. The van der Waals surface area contributed by atoms with Crippen LogP contribution < -0.4 is 26.4 Å². The maximum atomic E-state index is 14.4. The van der Waals surface area contributed by atoms with Crippen molar-refractivity contribution >= 4 is 34.7 Å². The van der Waals surface area contributed by atoms with Gasteiger partial charge in [0.1, 0.15) is 12.4 Å². The molecule has 1 atom stereocenters. The van der Waals surface area contributed by atoms with Crippen LogP contribution in [0.5, 0.6) is 5.75 Å². The number of anilines is 5. The summed E-state index contributed by atoms with van der Waals surface area (Å²) in [4.78, 5) is 19.8. The zero-order valence-corrected chi connectivity index (χ0v) is 20.1. The van der Waals surface area contributed by atoms with Crippen molar-refractivity contribution in [2.75, 3.05) is 22.6 Å². The van der Waals surface area contributed by atoms with Gasteiger partial charge < -0.3 is 26.4 Å². The Morgan fingerprint density at radius 1 is 1.19 bits per heavy atom. The average Bonchev–Trinajstić information content (AvgIpc) is 2.86. The molecule has 0 fully saturated rings. The summed E-state index contributed by atoms with van der Waals surface area (Å²) in [5.74, 6) is -0.0620. The number of amides is 1. The molecule has 5 N–H and O–H groups in total. The monoisotopic (exact) mass is 488 g/mol. The topological polar surface area (TPSA) is 114 Å². The van der Waals surface area contributed by atoms with E-state index < -0.39 is 5.82 Å². The van der Waals surface area contributed by atoms with E-state index in [2.05, 4.69) is 45.5 Å². The van der Waals surface area contributed by atoms with Gasteiger partial charge in [0, 0.05) is 28.7 Å². The number of aromatic nitrogens is 2. The maximum absolute atomic E-state index is 14.4. The van der Waals surface area contributed by atoms with Crippen molar-refractivity contribution in [2.45, 2.75) is 31.7 Å². The van der Waals surface area contributed by atoms with Gasteiger partial charge in [-0.15, -0.1) is 0 Å². The molecule has 0 saturated heterocycles. The molecule has 36 heavy (non-hydrogen) atoms. The minimum Gasteiger partial charge on any atom is -0.489 e. The van der Waals surface area contributed by atoms with Crippen molar-refractivity contribution in [2.24, 2.45) is 5.73 Å². The molecule has 0 spiro atoms. The van der Waals surface area contributed by atoms with Gasteiger partial charge in [-0.3, -0.25) is 4.79 Å². The predicted octanol–water partition coefficient (Wildman–Crippen LogP) is 5.43. The van der Waals surface area contributed by atoms with Gasteiger partial charge in [0.15, 0.2) is 11.6 Å². The van der Waals surface area contributed by atoms with Gasteiger partial charge in [-0.05, 0) is 68.2 Å². The quantitative estimate of drug-likeness (QED) is 0.234. The van der Waals surface area contributed by atoms with Gasteiger partial charge in [-0.25, -0.2) is 9.37 Å². The molecule has 1 aliphatic carbocycles. The Balaban J connectivity index is 1.41. The lowest BCUT2D eigenvalue weighted by Gasteiger charge is -2.28. The smallest absolute Gasteiger partial charge is 0.247 e. The number of carbonyl (C=O) groups excluding carboxylic acids is 1. The van der Waals surface area contributed by atoms with Crippen LogP contribution in [0.25, 0.3) is 0 Å². The van der Waals surface area contributed by atoms with Gasteiger partial charge in [0.25, 0.3) is 0 Å². The summed E-state index contributed by atoms with van der Waals surface area (Å²) in [7, 11) is 0. The number of halogens is 1. The SMILES string of the molecule is C=CC(=O)Nc1cccc(Nc2nc(Nc3cccc(OCC4=CCC(C)(N)CC4)c3)ncc2F)c1. The molecule has 4 rings (SSSR count). The van der Waals surface area contributed by atoms with Gasteiger partial charge in [-0.2, -0.15) is 4.98 Å². The van der Waals surface area contributed by atoms with Crippen LogP contribution in [0, 0.1) is 5.82 Å². The van der Waals surface area contributed by atoms with Gasteiger partial charge >= 0.3 is 0 Å². The zero-order chi connectivity index (χ0) is 25.5. The number of nitrogens with zero attached hydrogens (tertiary/aromatic N) is 2. The number of carbonyl (C=O) groups is 1. The third kappa shape index (κ3) is 6.89. The van der Waals surface area contributed by atoms with Crippen molar-refractivity contribution in [3.05, 3.63) is 84.8 Å². The van der Waals surface area contributed by atoms with Gasteiger partial charge in [0.2, 0.25) is 11.9 Å². The average molecular weight is 489 g/mol. The van der Waals surface area contributed by atoms with E-state index in [1.165, 1.54) is 11.6 Å². The Labute approximate surface area is 209 Å². The fraction of sp³-hybridized carbons (Fsp3) is 0.222. The van der Waals surface area contributed by atoms with Crippen LogP contribution in [0.3, 0.4) is 0 Å². The Morgan fingerprint density at radius 3 is 2.69 bits per heavy atom. The molecule has 1 unspecified atom stereocenters. The highest BCUT2D eigenvalue weighted by atomic mass is 19.1. The van der Waals surface area contributed by atoms with E-state index in [4.69, 9.17) is 10.5 Å². The van der Waals surface area contributed by atoms with E-state index in [0.717, 1.165) is 25.5 Å². The maximum Gasteiger partial charge on any atom is 0.247 e. The lowest BCUT2D eigenvalue weighted by atomic mass is 9.85. The fourth-order valence-electron chi connectivity index (χ4n) is 3.65. The van der Waals surface area contributed by atoms with Crippen molar-refractivity contribution in [3.8, 4) is 5.75 Å². The molecular formula is C27H29FN6O2. The first-order valence-corrected chi connectivity index (χ1v) is 11.6. The number of benzene rings is 2. The summed E-state index contributed by atoms with van der Waals surface area (Å²) in [6.45, 7) is 6.00.